The van der Waals surface area contributed by atoms with Crippen molar-refractivity contribution in [1.82, 2.24) is 19.8 Å². The lowest BCUT2D eigenvalue weighted by atomic mass is 10.2. The van der Waals surface area contributed by atoms with Gasteiger partial charge in [0.05, 0.1) is 17.2 Å². The molecule has 2 aliphatic rings. The summed E-state index contributed by atoms with van der Waals surface area (Å²) in [5.41, 5.74) is 0.371. The van der Waals surface area contributed by atoms with E-state index in [9.17, 15) is 14.4 Å². The Kier molecular flexibility index (Phi) is 3.99. The molecule has 25 heavy (non-hydrogen) atoms. The van der Waals surface area contributed by atoms with Gasteiger partial charge < -0.3 is 10.2 Å². The molecule has 7 heteroatoms. The standard InChI is InChI=1S/C18H20N4O3/c23-16(22-9-3-6-15(22)17(24)20-12-7-8-12)10-21-11-19-14-5-2-1-4-13(14)18(21)25/h1-2,4-5,11-12,15H,3,6-10H2,(H,20,24). The number of fused-ring (bicyclic) bond motifs is 1. The SMILES string of the molecule is O=C(NC1CC1)C1CCCN1C(=O)Cn1cnc2ccccc2c1=O. The first-order valence-electron chi connectivity index (χ1n) is 8.67. The topological polar surface area (TPSA) is 84.3 Å². The number of rotatable bonds is 4. The summed E-state index contributed by atoms with van der Waals surface area (Å²) in [4.78, 5) is 43.4. The molecule has 1 N–H and O–H groups in total. The summed E-state index contributed by atoms with van der Waals surface area (Å²) in [5, 5.41) is 3.45. The molecular weight excluding hydrogens is 320 g/mol. The molecular formula is C18H20N4O3. The monoisotopic (exact) mass is 340 g/mol. The molecule has 1 aliphatic heterocycles. The molecule has 1 saturated carbocycles. The molecule has 1 aromatic carbocycles. The number of likely N-dealkylation sites (tertiary alicyclic amines) is 1. The summed E-state index contributed by atoms with van der Waals surface area (Å²) >= 11 is 0. The second kappa shape index (κ2) is 6.31. The van der Waals surface area contributed by atoms with Crippen molar-refractivity contribution >= 4 is 22.7 Å². The van der Waals surface area contributed by atoms with E-state index in [-0.39, 0.29) is 30.0 Å². The first kappa shape index (κ1) is 15.8. The van der Waals surface area contributed by atoms with E-state index in [0.29, 0.717) is 23.9 Å². The number of nitrogens with one attached hydrogen (secondary N) is 1. The Morgan fingerprint density at radius 3 is 2.80 bits per heavy atom. The summed E-state index contributed by atoms with van der Waals surface area (Å²) in [6.45, 7) is 0.460. The maximum atomic E-state index is 12.7. The van der Waals surface area contributed by atoms with Crippen LogP contribution in [0.2, 0.25) is 0 Å². The van der Waals surface area contributed by atoms with Crippen molar-refractivity contribution in [2.24, 2.45) is 0 Å². The highest BCUT2D eigenvalue weighted by Crippen LogP contribution is 2.22. The number of hydrogen-bond donors (Lipinski definition) is 1. The van der Waals surface area contributed by atoms with Crippen LogP contribution in [0, 0.1) is 0 Å². The van der Waals surface area contributed by atoms with E-state index in [1.54, 1.807) is 23.1 Å². The molecule has 0 bridgehead atoms. The highest BCUT2D eigenvalue weighted by Gasteiger charge is 2.36. The van der Waals surface area contributed by atoms with Crippen LogP contribution in [-0.4, -0.2) is 44.9 Å². The van der Waals surface area contributed by atoms with Gasteiger partial charge in [0.15, 0.2) is 0 Å². The number of hydrogen-bond acceptors (Lipinski definition) is 4. The predicted octanol–water partition coefficient (Wildman–Crippen LogP) is 0.666. The predicted molar refractivity (Wildman–Crippen MR) is 91.9 cm³/mol. The molecule has 1 unspecified atom stereocenters. The molecule has 1 aliphatic carbocycles. The molecule has 2 amide bonds. The van der Waals surface area contributed by atoms with E-state index in [0.717, 1.165) is 19.3 Å². The fraction of sp³-hybridized carbons (Fsp3) is 0.444. The van der Waals surface area contributed by atoms with E-state index >= 15 is 0 Å². The lowest BCUT2D eigenvalue weighted by Crippen LogP contribution is -2.48. The minimum Gasteiger partial charge on any atom is -0.352 e. The van der Waals surface area contributed by atoms with Gasteiger partial charge in [0.2, 0.25) is 11.8 Å². The van der Waals surface area contributed by atoms with Crippen molar-refractivity contribution < 1.29 is 9.59 Å². The van der Waals surface area contributed by atoms with E-state index in [4.69, 9.17) is 0 Å². The Bertz CT molecular complexity index is 887. The Hall–Kier alpha value is -2.70. The van der Waals surface area contributed by atoms with Gasteiger partial charge in [0.25, 0.3) is 5.56 Å². The number of amides is 2. The minimum atomic E-state index is -0.419. The molecule has 2 aromatic rings. The third kappa shape index (κ3) is 3.14. The normalized spacial score (nSPS) is 20.0. The number of carbonyl (C=O) groups is 2. The number of para-hydroxylation sites is 1. The van der Waals surface area contributed by atoms with E-state index < -0.39 is 6.04 Å². The van der Waals surface area contributed by atoms with Gasteiger partial charge in [-0.05, 0) is 37.8 Å². The van der Waals surface area contributed by atoms with Crippen molar-refractivity contribution in [1.29, 1.82) is 0 Å². The van der Waals surface area contributed by atoms with Crippen molar-refractivity contribution in [3.05, 3.63) is 40.9 Å². The third-order valence-electron chi connectivity index (χ3n) is 4.84. The molecule has 4 rings (SSSR count). The summed E-state index contributed by atoms with van der Waals surface area (Å²) in [6, 6.07) is 6.91. The highest BCUT2D eigenvalue weighted by atomic mass is 16.2. The van der Waals surface area contributed by atoms with Crippen LogP contribution in [-0.2, 0) is 16.1 Å². The first-order valence-corrected chi connectivity index (χ1v) is 8.67. The third-order valence-corrected chi connectivity index (χ3v) is 4.84. The fourth-order valence-electron chi connectivity index (χ4n) is 3.32. The van der Waals surface area contributed by atoms with E-state index in [1.165, 1.54) is 10.9 Å². The van der Waals surface area contributed by atoms with Gasteiger partial charge in [-0.25, -0.2) is 4.98 Å². The summed E-state index contributed by atoms with van der Waals surface area (Å²) in [5.74, 6) is -0.287. The Labute approximate surface area is 144 Å². The van der Waals surface area contributed by atoms with Gasteiger partial charge in [-0.3, -0.25) is 19.0 Å². The average molecular weight is 340 g/mol. The van der Waals surface area contributed by atoms with E-state index in [2.05, 4.69) is 10.3 Å². The smallest absolute Gasteiger partial charge is 0.261 e. The van der Waals surface area contributed by atoms with Crippen LogP contribution in [0.25, 0.3) is 10.9 Å². The zero-order valence-electron chi connectivity index (χ0n) is 13.9. The Morgan fingerprint density at radius 2 is 2.00 bits per heavy atom. The number of nitrogens with zero attached hydrogens (tertiary/aromatic N) is 3. The minimum absolute atomic E-state index is 0.0719. The molecule has 2 heterocycles. The van der Waals surface area contributed by atoms with Gasteiger partial charge in [0.1, 0.15) is 12.6 Å². The maximum Gasteiger partial charge on any atom is 0.261 e. The van der Waals surface area contributed by atoms with Gasteiger partial charge in [-0.2, -0.15) is 0 Å². The molecule has 1 atom stereocenters. The Morgan fingerprint density at radius 1 is 1.20 bits per heavy atom. The van der Waals surface area contributed by atoms with Crippen LogP contribution in [0.5, 0.6) is 0 Å². The van der Waals surface area contributed by atoms with Crippen LogP contribution in [0.1, 0.15) is 25.7 Å². The number of carbonyl (C=O) groups excluding carboxylic acids is 2. The molecule has 130 valence electrons. The largest absolute Gasteiger partial charge is 0.352 e. The van der Waals surface area contributed by atoms with Gasteiger partial charge in [0, 0.05) is 12.6 Å². The molecule has 1 aromatic heterocycles. The summed E-state index contributed by atoms with van der Waals surface area (Å²) in [6.07, 6.45) is 4.92. The lowest BCUT2D eigenvalue weighted by Gasteiger charge is -2.24. The molecule has 1 saturated heterocycles. The molecule has 0 spiro atoms. The summed E-state index contributed by atoms with van der Waals surface area (Å²) < 4.78 is 1.32. The summed E-state index contributed by atoms with van der Waals surface area (Å²) in [7, 11) is 0. The van der Waals surface area contributed by atoms with Crippen molar-refractivity contribution in [2.45, 2.75) is 44.3 Å². The van der Waals surface area contributed by atoms with Gasteiger partial charge >= 0.3 is 0 Å². The molecule has 7 nitrogen and oxygen atoms in total. The fourth-order valence-corrected chi connectivity index (χ4v) is 3.32. The van der Waals surface area contributed by atoms with Gasteiger partial charge in [-0.15, -0.1) is 0 Å². The molecule has 0 radical (unpaired) electrons. The zero-order valence-corrected chi connectivity index (χ0v) is 13.9. The van der Waals surface area contributed by atoms with Crippen molar-refractivity contribution in [3.8, 4) is 0 Å². The van der Waals surface area contributed by atoms with Crippen LogP contribution in [0.4, 0.5) is 0 Å². The first-order chi connectivity index (χ1) is 12.1. The average Bonchev–Trinajstić information content (AvgIpc) is 3.29. The van der Waals surface area contributed by atoms with Crippen LogP contribution in [0.3, 0.4) is 0 Å². The number of aromatic nitrogens is 2. The lowest BCUT2D eigenvalue weighted by molar-refractivity contribution is -0.139. The second-order valence-electron chi connectivity index (χ2n) is 6.72. The maximum absolute atomic E-state index is 12.7. The zero-order chi connectivity index (χ0) is 17.4. The quantitative estimate of drug-likeness (QED) is 0.886. The second-order valence-corrected chi connectivity index (χ2v) is 6.72. The van der Waals surface area contributed by atoms with Crippen LogP contribution >= 0.6 is 0 Å². The van der Waals surface area contributed by atoms with Crippen molar-refractivity contribution in [3.63, 3.8) is 0 Å². The van der Waals surface area contributed by atoms with Gasteiger partial charge in [-0.1, -0.05) is 12.1 Å². The molecule has 2 fully saturated rings. The highest BCUT2D eigenvalue weighted by molar-refractivity contribution is 5.88. The van der Waals surface area contributed by atoms with Crippen molar-refractivity contribution in [2.75, 3.05) is 6.54 Å². The van der Waals surface area contributed by atoms with E-state index in [1.807, 2.05) is 6.07 Å². The van der Waals surface area contributed by atoms with Crippen LogP contribution in [0.15, 0.2) is 35.4 Å². The number of benzene rings is 1. The van der Waals surface area contributed by atoms with Crippen LogP contribution < -0.4 is 10.9 Å². The Balaban J connectivity index is 1.52.